The lowest BCUT2D eigenvalue weighted by atomic mass is 10.0. The summed E-state index contributed by atoms with van der Waals surface area (Å²) in [6, 6.07) is 9.52. The number of rotatable bonds is 8. The van der Waals surface area contributed by atoms with Gasteiger partial charge in [0, 0.05) is 51.0 Å². The Kier molecular flexibility index (Phi) is 8.49. The van der Waals surface area contributed by atoms with Crippen molar-refractivity contribution >= 4 is 5.96 Å². The van der Waals surface area contributed by atoms with Crippen LogP contribution < -0.4 is 10.6 Å². The lowest BCUT2D eigenvalue weighted by Gasteiger charge is -2.33. The van der Waals surface area contributed by atoms with E-state index in [1.807, 2.05) is 17.9 Å². The van der Waals surface area contributed by atoms with Crippen LogP contribution in [0.4, 0.5) is 0 Å². The molecule has 0 bridgehead atoms. The summed E-state index contributed by atoms with van der Waals surface area (Å²) in [7, 11) is 6.14. The van der Waals surface area contributed by atoms with Gasteiger partial charge in [-0.05, 0) is 46.3 Å². The van der Waals surface area contributed by atoms with Gasteiger partial charge in [0.25, 0.3) is 0 Å². The van der Waals surface area contributed by atoms with E-state index in [1.165, 1.54) is 16.7 Å². The molecule has 1 aromatic heterocycles. The first-order valence-electron chi connectivity index (χ1n) is 11.4. The number of likely N-dealkylation sites (tertiary alicyclic amines) is 1. The number of piperidine rings is 1. The van der Waals surface area contributed by atoms with Gasteiger partial charge in [-0.1, -0.05) is 29.8 Å². The summed E-state index contributed by atoms with van der Waals surface area (Å²) in [5.41, 5.74) is 3.94. The van der Waals surface area contributed by atoms with Gasteiger partial charge in [0.1, 0.15) is 0 Å². The summed E-state index contributed by atoms with van der Waals surface area (Å²) in [5.74, 6) is 0.912. The predicted molar refractivity (Wildman–Crippen MR) is 128 cm³/mol. The molecule has 1 fully saturated rings. The number of hydrogen-bond donors (Lipinski definition) is 2. The molecule has 1 unspecified atom stereocenters. The first kappa shape index (κ1) is 23.3. The third-order valence-electron chi connectivity index (χ3n) is 5.92. The van der Waals surface area contributed by atoms with E-state index in [0.29, 0.717) is 12.6 Å². The van der Waals surface area contributed by atoms with Crippen molar-refractivity contribution in [3.8, 4) is 0 Å². The molecule has 31 heavy (non-hydrogen) atoms. The number of aliphatic imine (C=N–C) groups is 1. The van der Waals surface area contributed by atoms with Crippen molar-refractivity contribution in [3.05, 3.63) is 53.3 Å². The Hall–Kier alpha value is -2.38. The minimum absolute atomic E-state index is 0.209. The molecule has 2 heterocycles. The molecule has 1 aliphatic heterocycles. The molecular formula is C24H39N7. The van der Waals surface area contributed by atoms with Crippen LogP contribution in [0.25, 0.3) is 0 Å². The monoisotopic (exact) mass is 425 g/mol. The van der Waals surface area contributed by atoms with Gasteiger partial charge >= 0.3 is 0 Å². The number of nitrogens with one attached hydrogen (secondary N) is 2. The minimum Gasteiger partial charge on any atom is -0.357 e. The summed E-state index contributed by atoms with van der Waals surface area (Å²) >= 11 is 0. The summed E-state index contributed by atoms with van der Waals surface area (Å²) in [5, 5.41) is 11.4. The van der Waals surface area contributed by atoms with Crippen molar-refractivity contribution in [2.45, 2.75) is 45.3 Å². The van der Waals surface area contributed by atoms with E-state index in [1.54, 1.807) is 0 Å². The highest BCUT2D eigenvalue weighted by Gasteiger charge is 2.21. The largest absolute Gasteiger partial charge is 0.357 e. The van der Waals surface area contributed by atoms with Crippen molar-refractivity contribution in [1.29, 1.82) is 0 Å². The zero-order chi connectivity index (χ0) is 22.2. The molecule has 1 aromatic carbocycles. The predicted octanol–water partition coefficient (Wildman–Crippen LogP) is 2.55. The Morgan fingerprint density at radius 1 is 1.29 bits per heavy atom. The summed E-state index contributed by atoms with van der Waals surface area (Å²) in [6.45, 7) is 9.10. The van der Waals surface area contributed by atoms with Gasteiger partial charge in [-0.15, -0.1) is 0 Å². The smallest absolute Gasteiger partial charge is 0.191 e. The SMILES string of the molecule is CCNC(=NCC(c1cnn(C)c1)N(C)C)NC1CCN(Cc2cccc(C)c2)CC1. The first-order chi connectivity index (χ1) is 14.9. The van der Waals surface area contributed by atoms with Gasteiger partial charge in [-0.3, -0.25) is 14.6 Å². The van der Waals surface area contributed by atoms with Crippen molar-refractivity contribution in [1.82, 2.24) is 30.2 Å². The van der Waals surface area contributed by atoms with Gasteiger partial charge in [-0.2, -0.15) is 5.10 Å². The summed E-state index contributed by atoms with van der Waals surface area (Å²) < 4.78 is 1.85. The number of nitrogens with zero attached hydrogens (tertiary/aromatic N) is 5. The Bertz CT molecular complexity index is 834. The third kappa shape index (κ3) is 7.08. The molecule has 170 valence electrons. The zero-order valence-electron chi connectivity index (χ0n) is 19.8. The highest BCUT2D eigenvalue weighted by molar-refractivity contribution is 5.80. The molecule has 1 atom stereocenters. The normalized spacial score (nSPS) is 17.2. The molecular weight excluding hydrogens is 386 g/mol. The van der Waals surface area contributed by atoms with Crippen molar-refractivity contribution in [2.75, 3.05) is 40.3 Å². The van der Waals surface area contributed by atoms with Crippen LogP contribution in [0.15, 0.2) is 41.7 Å². The van der Waals surface area contributed by atoms with Crippen molar-refractivity contribution < 1.29 is 0 Å². The Balaban J connectivity index is 1.53. The van der Waals surface area contributed by atoms with Crippen LogP contribution in [-0.2, 0) is 13.6 Å². The second-order valence-electron chi connectivity index (χ2n) is 8.83. The zero-order valence-corrected chi connectivity index (χ0v) is 19.8. The van der Waals surface area contributed by atoms with Crippen LogP contribution in [0.3, 0.4) is 0 Å². The summed E-state index contributed by atoms with van der Waals surface area (Å²) in [4.78, 5) is 9.67. The fraction of sp³-hybridized carbons (Fsp3) is 0.583. The average Bonchev–Trinajstić information content (AvgIpc) is 3.15. The van der Waals surface area contributed by atoms with E-state index in [2.05, 4.69) is 83.9 Å². The van der Waals surface area contributed by atoms with Gasteiger partial charge < -0.3 is 15.5 Å². The Morgan fingerprint density at radius 2 is 2.06 bits per heavy atom. The van der Waals surface area contributed by atoms with Crippen LogP contribution >= 0.6 is 0 Å². The lowest BCUT2D eigenvalue weighted by molar-refractivity contribution is 0.198. The molecule has 0 amide bonds. The van der Waals surface area contributed by atoms with Gasteiger partial charge in [-0.25, -0.2) is 0 Å². The molecule has 7 heteroatoms. The van der Waals surface area contributed by atoms with Gasteiger partial charge in [0.05, 0.1) is 18.8 Å². The van der Waals surface area contributed by atoms with E-state index in [-0.39, 0.29) is 6.04 Å². The topological polar surface area (TPSA) is 60.7 Å². The minimum atomic E-state index is 0.209. The van der Waals surface area contributed by atoms with E-state index >= 15 is 0 Å². The van der Waals surface area contributed by atoms with Crippen LogP contribution in [0.1, 0.15) is 42.5 Å². The second kappa shape index (κ2) is 11.3. The van der Waals surface area contributed by atoms with Crippen LogP contribution in [0, 0.1) is 6.92 Å². The number of aryl methyl sites for hydroxylation is 2. The van der Waals surface area contributed by atoms with Crippen LogP contribution in [-0.4, -0.2) is 71.9 Å². The Labute approximate surface area is 187 Å². The van der Waals surface area contributed by atoms with E-state index in [0.717, 1.165) is 45.0 Å². The van der Waals surface area contributed by atoms with E-state index in [4.69, 9.17) is 4.99 Å². The van der Waals surface area contributed by atoms with Crippen molar-refractivity contribution in [3.63, 3.8) is 0 Å². The highest BCUT2D eigenvalue weighted by Crippen LogP contribution is 2.18. The summed E-state index contributed by atoms with van der Waals surface area (Å²) in [6.07, 6.45) is 6.28. The molecule has 0 radical (unpaired) electrons. The molecule has 7 nitrogen and oxygen atoms in total. The molecule has 1 saturated heterocycles. The number of likely N-dealkylation sites (N-methyl/N-ethyl adjacent to an activating group) is 1. The number of aromatic nitrogens is 2. The lowest BCUT2D eigenvalue weighted by Crippen LogP contribution is -2.48. The Morgan fingerprint density at radius 3 is 2.68 bits per heavy atom. The molecule has 2 aromatic rings. The van der Waals surface area contributed by atoms with E-state index in [9.17, 15) is 0 Å². The maximum atomic E-state index is 4.91. The van der Waals surface area contributed by atoms with E-state index < -0.39 is 0 Å². The number of benzene rings is 1. The number of hydrogen-bond acceptors (Lipinski definition) is 4. The standard InChI is InChI=1S/C24H39N7/c1-6-25-24(26-16-23(29(3)4)21-15-27-30(5)18-21)28-22-10-12-31(13-11-22)17-20-9-7-8-19(2)14-20/h7-9,14-15,18,22-23H,6,10-13,16-17H2,1-5H3,(H2,25,26,28). The fourth-order valence-electron chi connectivity index (χ4n) is 4.17. The van der Waals surface area contributed by atoms with Crippen molar-refractivity contribution in [2.24, 2.45) is 12.0 Å². The molecule has 0 aliphatic carbocycles. The maximum Gasteiger partial charge on any atom is 0.191 e. The van der Waals surface area contributed by atoms with Crippen LogP contribution in [0.2, 0.25) is 0 Å². The molecule has 1 aliphatic rings. The molecule has 3 rings (SSSR count). The van der Waals surface area contributed by atoms with Gasteiger partial charge in [0.15, 0.2) is 5.96 Å². The second-order valence-corrected chi connectivity index (χ2v) is 8.83. The highest BCUT2D eigenvalue weighted by atomic mass is 15.3. The first-order valence-corrected chi connectivity index (χ1v) is 11.4. The van der Waals surface area contributed by atoms with Gasteiger partial charge in [0.2, 0.25) is 0 Å². The third-order valence-corrected chi connectivity index (χ3v) is 5.92. The van der Waals surface area contributed by atoms with Crippen LogP contribution in [0.5, 0.6) is 0 Å². The maximum absolute atomic E-state index is 4.91. The number of guanidine groups is 1. The average molecular weight is 426 g/mol. The molecule has 0 saturated carbocycles. The molecule has 2 N–H and O–H groups in total. The quantitative estimate of drug-likeness (QED) is 0.503. The fourth-order valence-corrected chi connectivity index (χ4v) is 4.17. The molecule has 0 spiro atoms.